The van der Waals surface area contributed by atoms with Crippen LogP contribution in [0.4, 0.5) is 0 Å². The lowest BCUT2D eigenvalue weighted by molar-refractivity contribution is 0.415. The first-order valence-electron chi connectivity index (χ1n) is 7.06. The van der Waals surface area contributed by atoms with E-state index in [-0.39, 0.29) is 5.69 Å². The molecule has 2 heterocycles. The fourth-order valence-corrected chi connectivity index (χ4v) is 2.76. The zero-order valence-corrected chi connectivity index (χ0v) is 13.2. The molecule has 0 saturated heterocycles. The van der Waals surface area contributed by atoms with Crippen LogP contribution in [0.15, 0.2) is 52.1 Å². The van der Waals surface area contributed by atoms with Crippen LogP contribution in [0.2, 0.25) is 5.02 Å². The molecule has 8 heteroatoms. The molecule has 2 aromatic heterocycles. The zero-order valence-electron chi connectivity index (χ0n) is 12.5. The quantitative estimate of drug-likeness (QED) is 0.604. The third kappa shape index (κ3) is 2.10. The third-order valence-electron chi connectivity index (χ3n) is 3.75. The van der Waals surface area contributed by atoms with Gasteiger partial charge in [-0.2, -0.15) is 4.52 Å². The minimum absolute atomic E-state index is 0.167. The average Bonchev–Trinajstić information content (AvgIpc) is 2.94. The van der Waals surface area contributed by atoms with Gasteiger partial charge in [0.2, 0.25) is 0 Å². The van der Waals surface area contributed by atoms with Gasteiger partial charge in [-0.25, -0.2) is 4.79 Å². The summed E-state index contributed by atoms with van der Waals surface area (Å²) in [5.41, 5.74) is 0.812. The Labute approximate surface area is 139 Å². The zero-order chi connectivity index (χ0) is 16.8. The van der Waals surface area contributed by atoms with Crippen molar-refractivity contribution in [3.63, 3.8) is 0 Å². The van der Waals surface area contributed by atoms with E-state index < -0.39 is 11.2 Å². The van der Waals surface area contributed by atoms with Crippen LogP contribution in [-0.2, 0) is 0 Å². The number of hydrogen-bond donors (Lipinski definition) is 1. The van der Waals surface area contributed by atoms with Gasteiger partial charge in [-0.05, 0) is 42.5 Å². The lowest BCUT2D eigenvalue weighted by Crippen LogP contribution is -2.26. The van der Waals surface area contributed by atoms with E-state index in [4.69, 9.17) is 16.3 Å². The van der Waals surface area contributed by atoms with Crippen LogP contribution in [0.25, 0.3) is 22.3 Å². The first-order chi connectivity index (χ1) is 11.6. The number of ether oxygens (including phenoxy) is 1. The molecule has 7 nitrogen and oxygen atoms in total. The summed E-state index contributed by atoms with van der Waals surface area (Å²) in [6.45, 7) is 0. The average molecular weight is 343 g/mol. The predicted octanol–water partition coefficient (Wildman–Crippen LogP) is 1.96. The molecule has 0 aliphatic heterocycles. The van der Waals surface area contributed by atoms with E-state index in [1.54, 1.807) is 49.6 Å². The highest BCUT2D eigenvalue weighted by Crippen LogP contribution is 2.19. The van der Waals surface area contributed by atoms with Crippen molar-refractivity contribution in [2.24, 2.45) is 0 Å². The Hall–Kier alpha value is -3.06. The molecule has 1 N–H and O–H groups in total. The van der Waals surface area contributed by atoms with E-state index >= 15 is 0 Å². The summed E-state index contributed by atoms with van der Waals surface area (Å²) in [4.78, 5) is 27.7. The van der Waals surface area contributed by atoms with E-state index in [0.717, 1.165) is 4.63 Å². The number of nitrogens with one attached hydrogen (secondary N) is 1. The minimum atomic E-state index is -0.512. The van der Waals surface area contributed by atoms with Crippen molar-refractivity contribution in [3.05, 3.63) is 68.3 Å². The molecule has 0 aliphatic rings. The highest BCUT2D eigenvalue weighted by molar-refractivity contribution is 6.31. The van der Waals surface area contributed by atoms with Gasteiger partial charge in [0.25, 0.3) is 5.56 Å². The number of nitrogens with zero attached hydrogens (tertiary/aromatic N) is 3. The Morgan fingerprint density at radius 2 is 1.88 bits per heavy atom. The number of aromatic nitrogens is 4. The Bertz CT molecular complexity index is 1190. The van der Waals surface area contributed by atoms with Crippen molar-refractivity contribution in [3.8, 4) is 17.0 Å². The molecule has 0 unspecified atom stereocenters. The molecule has 0 bridgehead atoms. The smallest absolute Gasteiger partial charge is 0.362 e. The van der Waals surface area contributed by atoms with Gasteiger partial charge in [-0.1, -0.05) is 11.6 Å². The van der Waals surface area contributed by atoms with E-state index in [2.05, 4.69) is 10.1 Å². The molecular weight excluding hydrogens is 332 g/mol. The summed E-state index contributed by atoms with van der Waals surface area (Å²) in [6.07, 6.45) is 0. The fourth-order valence-electron chi connectivity index (χ4n) is 2.60. The highest BCUT2D eigenvalue weighted by Gasteiger charge is 2.15. The lowest BCUT2D eigenvalue weighted by atomic mass is 10.1. The normalized spacial score (nSPS) is 11.2. The Kier molecular flexibility index (Phi) is 3.17. The maximum atomic E-state index is 12.8. The Balaban J connectivity index is 2.08. The van der Waals surface area contributed by atoms with E-state index in [0.29, 0.717) is 27.4 Å². The summed E-state index contributed by atoms with van der Waals surface area (Å²) in [6, 6.07) is 11.8. The molecule has 0 atom stereocenters. The second-order valence-electron chi connectivity index (χ2n) is 5.18. The predicted molar refractivity (Wildman–Crippen MR) is 90.0 cm³/mol. The Morgan fingerprint density at radius 3 is 2.58 bits per heavy atom. The van der Waals surface area contributed by atoms with Crippen LogP contribution in [0.5, 0.6) is 5.75 Å². The van der Waals surface area contributed by atoms with Gasteiger partial charge in [0, 0.05) is 10.6 Å². The Morgan fingerprint density at radius 1 is 1.12 bits per heavy atom. The van der Waals surface area contributed by atoms with Gasteiger partial charge in [-0.15, -0.1) is 9.73 Å². The van der Waals surface area contributed by atoms with Crippen LogP contribution in [-0.4, -0.2) is 26.3 Å². The summed E-state index contributed by atoms with van der Waals surface area (Å²) < 4.78 is 7.31. The van der Waals surface area contributed by atoms with Crippen molar-refractivity contribution in [1.29, 1.82) is 0 Å². The molecule has 0 radical (unpaired) electrons. The number of halogens is 1. The van der Waals surface area contributed by atoms with E-state index in [1.165, 1.54) is 4.52 Å². The first-order valence-corrected chi connectivity index (χ1v) is 7.44. The van der Waals surface area contributed by atoms with Crippen LogP contribution < -0.4 is 16.0 Å². The topological polar surface area (TPSA) is 80.9 Å². The number of H-pyrrole nitrogens is 1. The molecule has 0 fully saturated rings. The van der Waals surface area contributed by atoms with Gasteiger partial charge < -0.3 is 9.72 Å². The van der Waals surface area contributed by atoms with Crippen LogP contribution in [0.1, 0.15) is 0 Å². The number of fused-ring (bicyclic) bond motifs is 3. The molecular formula is C16H11ClN4O3. The largest absolute Gasteiger partial charge is 0.497 e. The number of aromatic amines is 1. The molecule has 4 rings (SSSR count). The molecule has 120 valence electrons. The van der Waals surface area contributed by atoms with Gasteiger partial charge in [0.15, 0.2) is 5.69 Å². The maximum Gasteiger partial charge on any atom is 0.362 e. The second-order valence-corrected chi connectivity index (χ2v) is 5.61. The lowest BCUT2D eigenvalue weighted by Gasteiger charge is -2.01. The summed E-state index contributed by atoms with van der Waals surface area (Å²) in [7, 11) is 1.56. The number of rotatable bonds is 2. The molecule has 0 amide bonds. The van der Waals surface area contributed by atoms with Gasteiger partial charge in [0.05, 0.1) is 18.1 Å². The monoisotopic (exact) mass is 342 g/mol. The molecule has 0 aliphatic carbocycles. The SMILES string of the molecule is COc1ccc(-c2nn3c(=O)[nH]c4ccc(Cl)cc4n3c2=O)cc1. The summed E-state index contributed by atoms with van der Waals surface area (Å²) in [5.74, 6) is 0.665. The summed E-state index contributed by atoms with van der Waals surface area (Å²) in [5, 5.41) is 4.61. The van der Waals surface area contributed by atoms with E-state index in [9.17, 15) is 9.59 Å². The van der Waals surface area contributed by atoms with Crippen LogP contribution in [0, 0.1) is 0 Å². The maximum absolute atomic E-state index is 12.8. The number of benzene rings is 2. The van der Waals surface area contributed by atoms with Gasteiger partial charge in [-0.3, -0.25) is 4.79 Å². The number of hydrogen-bond acceptors (Lipinski definition) is 4. The number of methoxy groups -OCH3 is 1. The highest BCUT2D eigenvalue weighted by atomic mass is 35.5. The molecule has 0 spiro atoms. The van der Waals surface area contributed by atoms with Crippen molar-refractivity contribution in [2.75, 3.05) is 7.11 Å². The second kappa shape index (κ2) is 5.24. The standard InChI is InChI=1S/C16H11ClN4O3/c1-24-11-5-2-9(3-6-11)14-15(22)20-13-8-10(17)4-7-12(13)18-16(23)21(20)19-14/h2-8H,1H3,(H,18,23). The van der Waals surface area contributed by atoms with Crippen LogP contribution in [0.3, 0.4) is 0 Å². The third-order valence-corrected chi connectivity index (χ3v) is 3.99. The molecule has 2 aromatic carbocycles. The first kappa shape index (κ1) is 14.5. The van der Waals surface area contributed by atoms with Crippen molar-refractivity contribution in [2.45, 2.75) is 0 Å². The molecule has 24 heavy (non-hydrogen) atoms. The van der Waals surface area contributed by atoms with Crippen LogP contribution >= 0.6 is 11.6 Å². The minimum Gasteiger partial charge on any atom is -0.497 e. The van der Waals surface area contributed by atoms with Crippen molar-refractivity contribution >= 4 is 22.6 Å². The van der Waals surface area contributed by atoms with Gasteiger partial charge in [0.1, 0.15) is 5.75 Å². The van der Waals surface area contributed by atoms with Crippen molar-refractivity contribution in [1.82, 2.24) is 19.2 Å². The van der Waals surface area contributed by atoms with Gasteiger partial charge >= 0.3 is 5.69 Å². The van der Waals surface area contributed by atoms with Crippen molar-refractivity contribution < 1.29 is 4.74 Å². The molecule has 4 aromatic rings. The molecule has 0 saturated carbocycles. The fraction of sp³-hybridized carbons (Fsp3) is 0.0625. The summed E-state index contributed by atoms with van der Waals surface area (Å²) >= 11 is 6.02. The van der Waals surface area contributed by atoms with E-state index in [1.807, 2.05) is 0 Å².